The number of hydrogen-bond acceptors (Lipinski definition) is 3. The summed E-state index contributed by atoms with van der Waals surface area (Å²) in [5.74, 6) is -0.343. The molecule has 7 heteroatoms. The van der Waals surface area contributed by atoms with E-state index in [9.17, 15) is 13.2 Å². The molecule has 0 unspecified atom stereocenters. The molecule has 1 N–H and O–H groups in total. The van der Waals surface area contributed by atoms with E-state index in [2.05, 4.69) is 5.32 Å². The van der Waals surface area contributed by atoms with Gasteiger partial charge in [-0.1, -0.05) is 11.6 Å². The third kappa shape index (κ3) is 3.94. The number of nitrogens with zero attached hydrogens (tertiary/aromatic N) is 1. The summed E-state index contributed by atoms with van der Waals surface area (Å²) in [5.41, 5.74) is -0.151. The van der Waals surface area contributed by atoms with Gasteiger partial charge in [0.2, 0.25) is 10.0 Å². The summed E-state index contributed by atoms with van der Waals surface area (Å²) in [6.45, 7) is 5.54. The van der Waals surface area contributed by atoms with Crippen molar-refractivity contribution in [2.75, 3.05) is 14.1 Å². The van der Waals surface area contributed by atoms with Gasteiger partial charge >= 0.3 is 0 Å². The maximum absolute atomic E-state index is 12.1. The fourth-order valence-corrected chi connectivity index (χ4v) is 2.85. The minimum absolute atomic E-state index is 0.0780. The second kappa shape index (κ2) is 5.71. The highest BCUT2D eigenvalue weighted by Crippen LogP contribution is 2.25. The summed E-state index contributed by atoms with van der Waals surface area (Å²) >= 11 is 5.93. The Bertz CT molecular complexity index is 619. The molecule has 1 aromatic rings. The normalized spacial score (nSPS) is 12.6. The van der Waals surface area contributed by atoms with Crippen LogP contribution in [0.1, 0.15) is 31.1 Å². The topological polar surface area (TPSA) is 66.5 Å². The number of sulfonamides is 1. The molecule has 0 saturated heterocycles. The summed E-state index contributed by atoms with van der Waals surface area (Å²) in [6.07, 6.45) is 0. The molecule has 5 nitrogen and oxygen atoms in total. The first-order valence-corrected chi connectivity index (χ1v) is 7.81. The number of carbonyl (C=O) groups excluding carboxylic acids is 1. The Balaban J connectivity index is 3.26. The van der Waals surface area contributed by atoms with E-state index in [1.165, 1.54) is 32.3 Å². The van der Waals surface area contributed by atoms with E-state index in [1.54, 1.807) is 0 Å². The fourth-order valence-electron chi connectivity index (χ4n) is 1.45. The largest absolute Gasteiger partial charge is 0.347 e. The van der Waals surface area contributed by atoms with Gasteiger partial charge in [0.25, 0.3) is 5.91 Å². The molecule has 0 fully saturated rings. The first-order valence-electron chi connectivity index (χ1n) is 6.00. The molecular weight excluding hydrogens is 300 g/mol. The van der Waals surface area contributed by atoms with E-state index in [4.69, 9.17) is 11.6 Å². The van der Waals surface area contributed by atoms with Gasteiger partial charge in [0.05, 0.1) is 5.02 Å². The van der Waals surface area contributed by atoms with E-state index in [1.807, 2.05) is 20.8 Å². The van der Waals surface area contributed by atoms with Crippen LogP contribution in [0.25, 0.3) is 0 Å². The van der Waals surface area contributed by atoms with Gasteiger partial charge in [-0.15, -0.1) is 0 Å². The Kier molecular flexibility index (Phi) is 4.84. The van der Waals surface area contributed by atoms with Crippen LogP contribution in [0.2, 0.25) is 5.02 Å². The van der Waals surface area contributed by atoms with Crippen molar-refractivity contribution in [3.63, 3.8) is 0 Å². The van der Waals surface area contributed by atoms with E-state index in [0.29, 0.717) is 0 Å². The zero-order valence-electron chi connectivity index (χ0n) is 12.2. The third-order valence-corrected chi connectivity index (χ3v) is 4.74. The van der Waals surface area contributed by atoms with Crippen LogP contribution in [0.4, 0.5) is 0 Å². The molecule has 20 heavy (non-hydrogen) atoms. The van der Waals surface area contributed by atoms with Crippen molar-refractivity contribution in [2.45, 2.75) is 31.2 Å². The van der Waals surface area contributed by atoms with Crippen molar-refractivity contribution in [3.8, 4) is 0 Å². The standard InChI is InChI=1S/C13H19ClN2O3S/c1-13(2,3)15-12(17)9-6-7-10(14)11(8-9)20(18,19)16(4)5/h6-8H,1-5H3,(H,15,17). The second-order valence-electron chi connectivity index (χ2n) is 5.64. The number of halogens is 1. The van der Waals surface area contributed by atoms with Crippen LogP contribution in [-0.4, -0.2) is 38.3 Å². The van der Waals surface area contributed by atoms with E-state index in [0.717, 1.165) is 4.31 Å². The van der Waals surface area contributed by atoms with E-state index >= 15 is 0 Å². The van der Waals surface area contributed by atoms with Gasteiger partial charge in [-0.2, -0.15) is 0 Å². The van der Waals surface area contributed by atoms with Crippen LogP contribution in [0.15, 0.2) is 23.1 Å². The van der Waals surface area contributed by atoms with Crippen LogP contribution in [0, 0.1) is 0 Å². The number of carbonyl (C=O) groups is 1. The molecule has 0 spiro atoms. The van der Waals surface area contributed by atoms with Crippen molar-refractivity contribution in [1.29, 1.82) is 0 Å². The van der Waals surface area contributed by atoms with E-state index in [-0.39, 0.29) is 21.4 Å². The highest BCUT2D eigenvalue weighted by Gasteiger charge is 2.23. The highest BCUT2D eigenvalue weighted by atomic mass is 35.5. The Labute approximate surface area is 125 Å². The lowest BCUT2D eigenvalue weighted by Crippen LogP contribution is -2.40. The average molecular weight is 319 g/mol. The Hall–Kier alpha value is -1.11. The van der Waals surface area contributed by atoms with Crippen LogP contribution < -0.4 is 5.32 Å². The van der Waals surface area contributed by atoms with Crippen molar-refractivity contribution >= 4 is 27.5 Å². The van der Waals surface area contributed by atoms with Gasteiger partial charge in [0.1, 0.15) is 4.90 Å². The van der Waals surface area contributed by atoms with Gasteiger partial charge in [-0.3, -0.25) is 4.79 Å². The molecule has 0 aliphatic heterocycles. The maximum atomic E-state index is 12.1. The number of benzene rings is 1. The SMILES string of the molecule is CN(C)S(=O)(=O)c1cc(C(=O)NC(C)(C)C)ccc1Cl. The first kappa shape index (κ1) is 16.9. The van der Waals surface area contributed by atoms with Gasteiger partial charge < -0.3 is 5.32 Å². The second-order valence-corrected chi connectivity index (χ2v) is 8.16. The molecule has 0 bridgehead atoms. The summed E-state index contributed by atoms with van der Waals surface area (Å²) < 4.78 is 25.3. The molecule has 0 saturated carbocycles. The summed E-state index contributed by atoms with van der Waals surface area (Å²) in [6, 6.07) is 4.20. The van der Waals surface area contributed by atoms with Gasteiger partial charge in [-0.05, 0) is 39.0 Å². The third-order valence-electron chi connectivity index (χ3n) is 2.44. The monoisotopic (exact) mass is 318 g/mol. The van der Waals surface area contributed by atoms with Crippen molar-refractivity contribution < 1.29 is 13.2 Å². The maximum Gasteiger partial charge on any atom is 0.251 e. The van der Waals surface area contributed by atoms with Gasteiger partial charge in [0.15, 0.2) is 0 Å². The van der Waals surface area contributed by atoms with Crippen molar-refractivity contribution in [3.05, 3.63) is 28.8 Å². The lowest BCUT2D eigenvalue weighted by Gasteiger charge is -2.21. The van der Waals surface area contributed by atoms with Gasteiger partial charge in [-0.25, -0.2) is 12.7 Å². The van der Waals surface area contributed by atoms with Crippen LogP contribution in [-0.2, 0) is 10.0 Å². The Morgan fingerprint density at radius 3 is 2.25 bits per heavy atom. The predicted octanol–water partition coefficient (Wildman–Crippen LogP) is 2.12. The number of amides is 1. The van der Waals surface area contributed by atoms with Crippen LogP contribution in [0.5, 0.6) is 0 Å². The smallest absolute Gasteiger partial charge is 0.251 e. The number of hydrogen-bond donors (Lipinski definition) is 1. The lowest BCUT2D eigenvalue weighted by molar-refractivity contribution is 0.0919. The molecule has 1 aromatic carbocycles. The Morgan fingerprint density at radius 2 is 1.80 bits per heavy atom. The minimum atomic E-state index is -3.69. The molecule has 1 rings (SSSR count). The molecule has 0 heterocycles. The molecule has 1 amide bonds. The highest BCUT2D eigenvalue weighted by molar-refractivity contribution is 7.89. The minimum Gasteiger partial charge on any atom is -0.347 e. The molecule has 0 radical (unpaired) electrons. The molecule has 0 aliphatic rings. The summed E-state index contributed by atoms with van der Waals surface area (Å²) in [4.78, 5) is 12.0. The molecule has 0 aliphatic carbocycles. The number of nitrogens with one attached hydrogen (secondary N) is 1. The molecule has 0 aromatic heterocycles. The lowest BCUT2D eigenvalue weighted by atomic mass is 10.1. The number of rotatable bonds is 3. The quantitative estimate of drug-likeness (QED) is 0.928. The first-order chi connectivity index (χ1) is 8.95. The zero-order valence-corrected chi connectivity index (χ0v) is 13.8. The molecular formula is C13H19ClN2O3S. The fraction of sp³-hybridized carbons (Fsp3) is 0.462. The predicted molar refractivity (Wildman–Crippen MR) is 79.5 cm³/mol. The summed E-state index contributed by atoms with van der Waals surface area (Å²) in [7, 11) is -0.865. The molecule has 112 valence electrons. The Morgan fingerprint density at radius 1 is 1.25 bits per heavy atom. The van der Waals surface area contributed by atoms with Crippen molar-refractivity contribution in [1.82, 2.24) is 9.62 Å². The van der Waals surface area contributed by atoms with Crippen LogP contribution >= 0.6 is 11.6 Å². The van der Waals surface area contributed by atoms with E-state index < -0.39 is 15.6 Å². The van der Waals surface area contributed by atoms with Crippen molar-refractivity contribution in [2.24, 2.45) is 0 Å². The zero-order chi connectivity index (χ0) is 15.7. The summed E-state index contributed by atoms with van der Waals surface area (Å²) in [5, 5.41) is 2.86. The van der Waals surface area contributed by atoms with Gasteiger partial charge in [0, 0.05) is 25.2 Å². The average Bonchev–Trinajstić information content (AvgIpc) is 2.26. The molecule has 0 atom stereocenters. The van der Waals surface area contributed by atoms with Crippen LogP contribution in [0.3, 0.4) is 0 Å².